The van der Waals surface area contributed by atoms with Gasteiger partial charge in [0.15, 0.2) is 0 Å². The van der Waals surface area contributed by atoms with E-state index in [9.17, 15) is 4.79 Å². The monoisotopic (exact) mass is 368 g/mol. The van der Waals surface area contributed by atoms with Crippen molar-refractivity contribution < 1.29 is 14.3 Å². The van der Waals surface area contributed by atoms with Crippen LogP contribution in [0.15, 0.2) is 36.8 Å². The fourth-order valence-corrected chi connectivity index (χ4v) is 2.27. The Morgan fingerprint density at radius 3 is 2.63 bits per heavy atom. The number of ether oxygens (including phenoxy) is 2. The van der Waals surface area contributed by atoms with Crippen LogP contribution in [0.1, 0.15) is 58.2 Å². The van der Waals surface area contributed by atoms with Crippen molar-refractivity contribution in [2.75, 3.05) is 6.61 Å². The van der Waals surface area contributed by atoms with Gasteiger partial charge in [-0.2, -0.15) is 0 Å². The third-order valence-corrected chi connectivity index (χ3v) is 3.55. The summed E-state index contributed by atoms with van der Waals surface area (Å²) in [6.07, 6.45) is 6.31. The third kappa shape index (κ3) is 7.57. The Hall–Kier alpha value is -2.74. The number of benzene rings is 1. The van der Waals surface area contributed by atoms with Gasteiger partial charge in [0.2, 0.25) is 0 Å². The highest BCUT2D eigenvalue weighted by Gasteiger charge is 2.17. The number of carbonyl (C=O) groups is 1. The summed E-state index contributed by atoms with van der Waals surface area (Å²) in [6.45, 7) is 8.22. The summed E-state index contributed by atoms with van der Waals surface area (Å²) in [6, 6.07) is 7.82. The molecule has 1 heterocycles. The zero-order valence-corrected chi connectivity index (χ0v) is 16.6. The third-order valence-electron chi connectivity index (χ3n) is 3.55. The van der Waals surface area contributed by atoms with Gasteiger partial charge in [-0.15, -0.1) is 0 Å². The summed E-state index contributed by atoms with van der Waals surface area (Å²) in [7, 11) is 0. The van der Waals surface area contributed by atoms with E-state index in [0.717, 1.165) is 42.7 Å². The summed E-state index contributed by atoms with van der Waals surface area (Å²) >= 11 is 0. The van der Waals surface area contributed by atoms with Crippen LogP contribution in [0.2, 0.25) is 0 Å². The van der Waals surface area contributed by atoms with Gasteiger partial charge in [-0.1, -0.05) is 18.8 Å². The average Bonchev–Trinajstić information content (AvgIpc) is 3.08. The lowest BCUT2D eigenvalue weighted by Crippen LogP contribution is -2.26. The van der Waals surface area contributed by atoms with Crippen LogP contribution in [0.5, 0.6) is 5.75 Å². The molecule has 0 amide bonds. The van der Waals surface area contributed by atoms with Crippen molar-refractivity contribution in [3.63, 3.8) is 0 Å². The van der Waals surface area contributed by atoms with E-state index in [1.165, 1.54) is 10.9 Å². The zero-order chi connectivity index (χ0) is 19.7. The number of nitrogens with zero attached hydrogens (tertiary/aromatic N) is 2. The van der Waals surface area contributed by atoms with E-state index >= 15 is 0 Å². The van der Waals surface area contributed by atoms with Gasteiger partial charge in [0.25, 0.3) is 0 Å². The van der Waals surface area contributed by atoms with Crippen LogP contribution >= 0.6 is 0 Å². The number of unbranched alkanes of at least 4 members (excludes halogenated alkanes) is 1. The molecular formula is C22H28N2O3. The molecule has 1 aromatic heterocycles. The molecule has 27 heavy (non-hydrogen) atoms. The van der Waals surface area contributed by atoms with E-state index < -0.39 is 11.7 Å². The summed E-state index contributed by atoms with van der Waals surface area (Å²) < 4.78 is 12.4. The van der Waals surface area contributed by atoms with Crippen molar-refractivity contribution in [2.24, 2.45) is 0 Å². The average molecular weight is 368 g/mol. The number of aromatic nitrogens is 2. The Balaban J connectivity index is 1.74. The molecule has 0 aliphatic rings. The summed E-state index contributed by atoms with van der Waals surface area (Å²) in [5, 5.41) is 0. The topological polar surface area (TPSA) is 53.4 Å². The van der Waals surface area contributed by atoms with E-state index in [4.69, 9.17) is 9.47 Å². The predicted octanol–water partition coefficient (Wildman–Crippen LogP) is 4.83. The molecular weight excluding hydrogens is 340 g/mol. The lowest BCUT2D eigenvalue weighted by molar-refractivity contribution is 0.0536. The van der Waals surface area contributed by atoms with E-state index in [-0.39, 0.29) is 0 Å². The predicted molar refractivity (Wildman–Crippen MR) is 106 cm³/mol. The fourth-order valence-electron chi connectivity index (χ4n) is 2.27. The quantitative estimate of drug-likeness (QED) is 0.541. The maximum absolute atomic E-state index is 12.0. The SMILES string of the molecule is CCCC#Cc1ccc(OCCCc2cn(C(=O)OC(C)(C)C)cn2)cc1. The van der Waals surface area contributed by atoms with Crippen molar-refractivity contribution in [1.29, 1.82) is 0 Å². The normalized spacial score (nSPS) is 10.8. The van der Waals surface area contributed by atoms with Crippen LogP contribution in [-0.4, -0.2) is 27.9 Å². The molecule has 0 N–H and O–H groups in total. The molecule has 1 aromatic carbocycles. The Labute approximate surface area is 161 Å². The largest absolute Gasteiger partial charge is 0.494 e. The minimum absolute atomic E-state index is 0.417. The van der Waals surface area contributed by atoms with Gasteiger partial charge in [-0.25, -0.2) is 14.3 Å². The Morgan fingerprint density at radius 2 is 1.96 bits per heavy atom. The van der Waals surface area contributed by atoms with E-state index in [0.29, 0.717) is 6.61 Å². The first-order chi connectivity index (χ1) is 12.9. The molecule has 0 fully saturated rings. The van der Waals surface area contributed by atoms with Crippen LogP contribution in [0.4, 0.5) is 4.79 Å². The molecule has 2 rings (SSSR count). The minimum atomic E-state index is -0.521. The summed E-state index contributed by atoms with van der Waals surface area (Å²) in [4.78, 5) is 16.2. The number of aryl methyl sites for hydroxylation is 1. The van der Waals surface area contributed by atoms with E-state index in [1.807, 2.05) is 45.0 Å². The maximum atomic E-state index is 12.0. The van der Waals surface area contributed by atoms with Crippen LogP contribution in [0.3, 0.4) is 0 Å². The highest BCUT2D eigenvalue weighted by molar-refractivity contribution is 5.70. The fraction of sp³-hybridized carbons (Fsp3) is 0.455. The second-order valence-electron chi connectivity index (χ2n) is 7.28. The van der Waals surface area contributed by atoms with Crippen molar-refractivity contribution in [1.82, 2.24) is 9.55 Å². The van der Waals surface area contributed by atoms with Crippen LogP contribution < -0.4 is 4.74 Å². The molecule has 0 aliphatic carbocycles. The van der Waals surface area contributed by atoms with Crippen molar-refractivity contribution in [3.05, 3.63) is 48.0 Å². The highest BCUT2D eigenvalue weighted by Crippen LogP contribution is 2.13. The van der Waals surface area contributed by atoms with Gasteiger partial charge in [0.1, 0.15) is 17.7 Å². The lowest BCUT2D eigenvalue weighted by atomic mass is 10.2. The van der Waals surface area contributed by atoms with Gasteiger partial charge in [-0.05, 0) is 64.3 Å². The molecule has 0 saturated heterocycles. The van der Waals surface area contributed by atoms with Gasteiger partial charge in [-0.3, -0.25) is 0 Å². The second-order valence-corrected chi connectivity index (χ2v) is 7.28. The molecule has 2 aromatic rings. The van der Waals surface area contributed by atoms with Gasteiger partial charge in [0, 0.05) is 18.2 Å². The Bertz CT molecular complexity index is 789. The van der Waals surface area contributed by atoms with Crippen LogP contribution in [-0.2, 0) is 11.2 Å². The maximum Gasteiger partial charge on any atom is 0.419 e. The minimum Gasteiger partial charge on any atom is -0.494 e. The van der Waals surface area contributed by atoms with Crippen molar-refractivity contribution >= 4 is 6.09 Å². The molecule has 0 saturated carbocycles. The molecule has 0 aliphatic heterocycles. The standard InChI is InChI=1S/C22H28N2O3/c1-5-6-7-9-18-11-13-20(14-12-18)26-15-8-10-19-16-24(17-23-19)21(25)27-22(2,3)4/h11-14,16-17H,5-6,8,10,15H2,1-4H3. The van der Waals surface area contributed by atoms with Crippen molar-refractivity contribution in [3.8, 4) is 17.6 Å². The second kappa shape index (κ2) is 9.82. The zero-order valence-electron chi connectivity index (χ0n) is 16.6. The first-order valence-electron chi connectivity index (χ1n) is 9.35. The lowest BCUT2D eigenvalue weighted by Gasteiger charge is -2.19. The Morgan fingerprint density at radius 1 is 1.22 bits per heavy atom. The van der Waals surface area contributed by atoms with Gasteiger partial charge in [0.05, 0.1) is 12.3 Å². The number of carbonyl (C=O) groups excluding carboxylic acids is 1. The number of imidazole rings is 1. The van der Waals surface area contributed by atoms with E-state index in [1.54, 1.807) is 6.20 Å². The number of hydrogen-bond donors (Lipinski definition) is 0. The molecule has 0 unspecified atom stereocenters. The molecule has 0 atom stereocenters. The number of hydrogen-bond acceptors (Lipinski definition) is 4. The smallest absolute Gasteiger partial charge is 0.419 e. The molecule has 5 heteroatoms. The van der Waals surface area contributed by atoms with E-state index in [2.05, 4.69) is 23.7 Å². The Kier molecular flexibility index (Phi) is 7.48. The van der Waals surface area contributed by atoms with Crippen molar-refractivity contribution in [2.45, 2.75) is 59.0 Å². The van der Waals surface area contributed by atoms with Crippen LogP contribution in [0, 0.1) is 11.8 Å². The molecule has 0 radical (unpaired) electrons. The molecule has 0 bridgehead atoms. The first-order valence-corrected chi connectivity index (χ1v) is 9.35. The highest BCUT2D eigenvalue weighted by atomic mass is 16.6. The molecule has 144 valence electrons. The molecule has 5 nitrogen and oxygen atoms in total. The van der Waals surface area contributed by atoms with Gasteiger partial charge < -0.3 is 9.47 Å². The molecule has 0 spiro atoms. The van der Waals surface area contributed by atoms with Gasteiger partial charge >= 0.3 is 6.09 Å². The first kappa shape index (κ1) is 20.6. The number of rotatable bonds is 6. The summed E-state index contributed by atoms with van der Waals surface area (Å²) in [5.74, 6) is 7.09. The summed E-state index contributed by atoms with van der Waals surface area (Å²) in [5.41, 5.74) is 1.32. The van der Waals surface area contributed by atoms with Crippen LogP contribution in [0.25, 0.3) is 0 Å².